The van der Waals surface area contributed by atoms with E-state index in [1.165, 1.54) is 0 Å². The van der Waals surface area contributed by atoms with Crippen LogP contribution in [0.3, 0.4) is 0 Å². The van der Waals surface area contributed by atoms with E-state index in [0.717, 1.165) is 0 Å². The Balaban J connectivity index is 2.97. The predicted octanol–water partition coefficient (Wildman–Crippen LogP) is 0.0336. The molecule has 0 radical (unpaired) electrons. The van der Waals surface area contributed by atoms with Crippen LogP contribution in [0.4, 0.5) is 0 Å². The number of terminal acetylenes is 1. The van der Waals surface area contributed by atoms with E-state index in [-0.39, 0.29) is 6.61 Å². The number of aliphatic hydroxyl groups excluding tert-OH is 1. The molecule has 0 aromatic carbocycles. The molecule has 0 amide bonds. The lowest BCUT2D eigenvalue weighted by Gasteiger charge is -2.04. The van der Waals surface area contributed by atoms with Gasteiger partial charge in [0.1, 0.15) is 6.10 Å². The Bertz CT molecular complexity index is 117. The Morgan fingerprint density at radius 2 is 2.09 bits per heavy atom. The monoisotopic (exact) mass is 158 g/mol. The summed E-state index contributed by atoms with van der Waals surface area (Å²) in [6.45, 7) is 3.81. The Morgan fingerprint density at radius 3 is 2.64 bits per heavy atom. The first-order chi connectivity index (χ1) is 5.31. The van der Waals surface area contributed by atoms with Gasteiger partial charge in [0, 0.05) is 6.61 Å². The number of aliphatic hydroxyl groups is 1. The van der Waals surface area contributed by atoms with E-state index in [4.69, 9.17) is 21.0 Å². The van der Waals surface area contributed by atoms with Crippen molar-refractivity contribution in [1.82, 2.24) is 0 Å². The molecule has 0 aromatic rings. The lowest BCUT2D eigenvalue weighted by Crippen LogP contribution is -2.15. The first-order valence-corrected chi connectivity index (χ1v) is 3.61. The summed E-state index contributed by atoms with van der Waals surface area (Å²) in [6, 6.07) is 0. The fourth-order valence-corrected chi connectivity index (χ4v) is 0.505. The van der Waals surface area contributed by atoms with Crippen LogP contribution in [0.25, 0.3) is 0 Å². The molecule has 1 N–H and O–H groups in total. The van der Waals surface area contributed by atoms with E-state index in [9.17, 15) is 0 Å². The standard InChI is InChI=1S/C8H14O3/c1-3-8(9)7-11-6-5-10-4-2/h1,8-9H,4-7H2,2H3. The fourth-order valence-electron chi connectivity index (χ4n) is 0.505. The van der Waals surface area contributed by atoms with Crippen molar-refractivity contribution in [3.63, 3.8) is 0 Å². The maximum atomic E-state index is 8.81. The van der Waals surface area contributed by atoms with E-state index in [1.54, 1.807) is 0 Å². The molecule has 11 heavy (non-hydrogen) atoms. The van der Waals surface area contributed by atoms with Crippen LogP contribution in [0.5, 0.6) is 0 Å². The van der Waals surface area contributed by atoms with Gasteiger partial charge in [0.15, 0.2) is 0 Å². The van der Waals surface area contributed by atoms with E-state index >= 15 is 0 Å². The molecule has 3 nitrogen and oxygen atoms in total. The second-order valence-corrected chi connectivity index (χ2v) is 1.95. The molecule has 1 unspecified atom stereocenters. The summed E-state index contributed by atoms with van der Waals surface area (Å²) in [5, 5.41) is 8.81. The largest absolute Gasteiger partial charge is 0.379 e. The second-order valence-electron chi connectivity index (χ2n) is 1.95. The van der Waals surface area contributed by atoms with Crippen LogP contribution < -0.4 is 0 Å². The van der Waals surface area contributed by atoms with Gasteiger partial charge in [0.25, 0.3) is 0 Å². The molecule has 0 aromatic heterocycles. The molecule has 0 fully saturated rings. The average Bonchev–Trinajstić information content (AvgIpc) is 2.04. The van der Waals surface area contributed by atoms with Crippen molar-refractivity contribution in [2.75, 3.05) is 26.4 Å². The lowest BCUT2D eigenvalue weighted by molar-refractivity contribution is 0.0223. The molecule has 0 aliphatic carbocycles. The Kier molecular flexibility index (Phi) is 7.16. The highest BCUT2D eigenvalue weighted by Crippen LogP contribution is 1.83. The normalized spacial score (nSPS) is 12.5. The first kappa shape index (κ1) is 10.4. The molecular formula is C8H14O3. The number of hydrogen-bond acceptors (Lipinski definition) is 3. The first-order valence-electron chi connectivity index (χ1n) is 3.61. The molecule has 0 spiro atoms. The molecule has 0 bridgehead atoms. The van der Waals surface area contributed by atoms with Crippen LogP contribution >= 0.6 is 0 Å². The minimum absolute atomic E-state index is 0.184. The van der Waals surface area contributed by atoms with Gasteiger partial charge < -0.3 is 14.6 Å². The van der Waals surface area contributed by atoms with Crippen LogP contribution in [-0.2, 0) is 9.47 Å². The summed E-state index contributed by atoms with van der Waals surface area (Å²) in [6.07, 6.45) is 4.11. The quantitative estimate of drug-likeness (QED) is 0.438. The molecule has 0 saturated heterocycles. The van der Waals surface area contributed by atoms with Crippen LogP contribution in [0.1, 0.15) is 6.92 Å². The molecule has 0 aliphatic heterocycles. The van der Waals surface area contributed by atoms with Gasteiger partial charge in [-0.3, -0.25) is 0 Å². The van der Waals surface area contributed by atoms with Gasteiger partial charge in [-0.2, -0.15) is 0 Å². The second kappa shape index (κ2) is 7.55. The van der Waals surface area contributed by atoms with Gasteiger partial charge >= 0.3 is 0 Å². The van der Waals surface area contributed by atoms with Gasteiger partial charge in [-0.15, -0.1) is 6.42 Å². The van der Waals surface area contributed by atoms with Gasteiger partial charge in [0.2, 0.25) is 0 Å². The maximum Gasteiger partial charge on any atom is 0.137 e. The third-order valence-corrected chi connectivity index (χ3v) is 1.04. The SMILES string of the molecule is C#CC(O)COCCOCC. The van der Waals surface area contributed by atoms with Crippen molar-refractivity contribution in [1.29, 1.82) is 0 Å². The van der Waals surface area contributed by atoms with Crippen LogP contribution in [0.2, 0.25) is 0 Å². The molecular weight excluding hydrogens is 144 g/mol. The van der Waals surface area contributed by atoms with Crippen molar-refractivity contribution in [3.05, 3.63) is 0 Å². The van der Waals surface area contributed by atoms with Crippen LogP contribution in [-0.4, -0.2) is 37.6 Å². The minimum atomic E-state index is -0.795. The number of ether oxygens (including phenoxy) is 2. The molecule has 1 atom stereocenters. The van der Waals surface area contributed by atoms with Crippen molar-refractivity contribution in [3.8, 4) is 12.3 Å². The topological polar surface area (TPSA) is 38.7 Å². The molecule has 0 aliphatic rings. The van der Waals surface area contributed by atoms with Gasteiger partial charge in [0.05, 0.1) is 19.8 Å². The number of hydrogen-bond donors (Lipinski definition) is 1. The fraction of sp³-hybridized carbons (Fsp3) is 0.750. The Hall–Kier alpha value is -0.560. The lowest BCUT2D eigenvalue weighted by atomic mass is 10.4. The van der Waals surface area contributed by atoms with Crippen molar-refractivity contribution >= 4 is 0 Å². The highest BCUT2D eigenvalue weighted by Gasteiger charge is 1.96. The van der Waals surface area contributed by atoms with Crippen molar-refractivity contribution < 1.29 is 14.6 Å². The molecule has 0 rings (SSSR count). The molecule has 64 valence electrons. The highest BCUT2D eigenvalue weighted by atomic mass is 16.5. The van der Waals surface area contributed by atoms with Gasteiger partial charge in [-0.05, 0) is 6.92 Å². The third-order valence-electron chi connectivity index (χ3n) is 1.04. The number of rotatable bonds is 6. The van der Waals surface area contributed by atoms with Crippen molar-refractivity contribution in [2.24, 2.45) is 0 Å². The summed E-state index contributed by atoms with van der Waals surface area (Å²) >= 11 is 0. The summed E-state index contributed by atoms with van der Waals surface area (Å²) < 4.78 is 9.96. The zero-order chi connectivity index (χ0) is 8.53. The van der Waals surface area contributed by atoms with Crippen LogP contribution in [0, 0.1) is 12.3 Å². The summed E-state index contributed by atoms with van der Waals surface area (Å²) in [7, 11) is 0. The average molecular weight is 158 g/mol. The zero-order valence-electron chi connectivity index (χ0n) is 6.75. The van der Waals surface area contributed by atoms with E-state index in [1.807, 2.05) is 6.92 Å². The van der Waals surface area contributed by atoms with E-state index in [2.05, 4.69) is 5.92 Å². The molecule has 0 heterocycles. The molecule has 3 heteroatoms. The van der Waals surface area contributed by atoms with E-state index in [0.29, 0.717) is 19.8 Å². The zero-order valence-corrected chi connectivity index (χ0v) is 6.75. The van der Waals surface area contributed by atoms with Gasteiger partial charge in [-0.25, -0.2) is 0 Å². The van der Waals surface area contributed by atoms with Gasteiger partial charge in [-0.1, -0.05) is 5.92 Å². The third kappa shape index (κ3) is 7.34. The molecule has 0 saturated carbocycles. The Morgan fingerprint density at radius 1 is 1.45 bits per heavy atom. The predicted molar refractivity (Wildman–Crippen MR) is 42.2 cm³/mol. The van der Waals surface area contributed by atoms with Crippen molar-refractivity contribution in [2.45, 2.75) is 13.0 Å². The van der Waals surface area contributed by atoms with E-state index < -0.39 is 6.10 Å². The van der Waals surface area contributed by atoms with Crippen LogP contribution in [0.15, 0.2) is 0 Å². The minimum Gasteiger partial charge on any atom is -0.379 e. The Labute approximate surface area is 67.3 Å². The highest BCUT2D eigenvalue weighted by molar-refractivity contribution is 4.92. The summed E-state index contributed by atoms with van der Waals surface area (Å²) in [5.41, 5.74) is 0. The summed E-state index contributed by atoms with van der Waals surface area (Å²) in [5.74, 6) is 2.15. The maximum absolute atomic E-state index is 8.81. The smallest absolute Gasteiger partial charge is 0.137 e. The summed E-state index contributed by atoms with van der Waals surface area (Å²) in [4.78, 5) is 0.